The van der Waals surface area contributed by atoms with E-state index in [4.69, 9.17) is 4.74 Å². The van der Waals surface area contributed by atoms with Gasteiger partial charge in [0.2, 0.25) is 0 Å². The molecule has 236 valence electrons. The molecule has 0 spiro atoms. The molecule has 0 saturated carbocycles. The predicted molar refractivity (Wildman–Crippen MR) is 162 cm³/mol. The molecular formula is C36H26F6O4. The van der Waals surface area contributed by atoms with Gasteiger partial charge in [0, 0.05) is 16.6 Å². The van der Waals surface area contributed by atoms with Gasteiger partial charge in [0.1, 0.15) is 17.2 Å². The van der Waals surface area contributed by atoms with E-state index in [1.807, 2.05) is 12.1 Å². The minimum atomic E-state index is -2.63. The van der Waals surface area contributed by atoms with E-state index in [1.165, 1.54) is 48.5 Å². The van der Waals surface area contributed by atoms with Crippen molar-refractivity contribution in [2.45, 2.75) is 12.3 Å². The number of hydrogen-bond acceptors (Lipinski definition) is 4. The Balaban J connectivity index is 1.89. The second-order valence-corrected chi connectivity index (χ2v) is 9.85. The number of benzene rings is 4. The number of rotatable bonds is 12. The van der Waals surface area contributed by atoms with Gasteiger partial charge in [0.05, 0.1) is 7.11 Å². The van der Waals surface area contributed by atoms with Gasteiger partial charge < -0.3 is 14.2 Å². The number of methoxy groups -OCH3 is 1. The molecule has 0 aliphatic carbocycles. The minimum Gasteiger partial charge on any atom is -0.497 e. The number of halogens is 6. The maximum Gasteiger partial charge on any atom is 0.344 e. The van der Waals surface area contributed by atoms with E-state index in [2.05, 4.69) is 9.47 Å². The van der Waals surface area contributed by atoms with Crippen LogP contribution in [0.5, 0.6) is 17.2 Å². The molecule has 0 atom stereocenters. The van der Waals surface area contributed by atoms with E-state index < -0.39 is 29.6 Å². The van der Waals surface area contributed by atoms with Crippen molar-refractivity contribution in [2.75, 3.05) is 7.11 Å². The topological polar surface area (TPSA) is 44.8 Å². The van der Waals surface area contributed by atoms with Crippen LogP contribution >= 0.6 is 0 Å². The number of Topliss-reactive ketones (excluding diaryl/α,β-unsaturated/α-hetero) is 1. The van der Waals surface area contributed by atoms with Gasteiger partial charge in [-0.2, -0.15) is 26.3 Å². The van der Waals surface area contributed by atoms with E-state index in [0.717, 1.165) is 5.56 Å². The monoisotopic (exact) mass is 636 g/mol. The lowest BCUT2D eigenvalue weighted by Crippen LogP contribution is -2.31. The third-order valence-electron chi connectivity index (χ3n) is 7.06. The average Bonchev–Trinajstić information content (AvgIpc) is 3.07. The van der Waals surface area contributed by atoms with Gasteiger partial charge >= 0.3 is 24.2 Å². The summed E-state index contributed by atoms with van der Waals surface area (Å²) in [6.07, 6.45) is -0.182. The average molecular weight is 637 g/mol. The van der Waals surface area contributed by atoms with Gasteiger partial charge in [0.15, 0.2) is 5.78 Å². The summed E-state index contributed by atoms with van der Waals surface area (Å²) in [5.41, 5.74) is 0.995. The summed E-state index contributed by atoms with van der Waals surface area (Å²) < 4.78 is 91.9. The van der Waals surface area contributed by atoms with Crippen molar-refractivity contribution < 1.29 is 45.3 Å². The van der Waals surface area contributed by atoms with E-state index in [1.54, 1.807) is 74.7 Å². The lowest BCUT2D eigenvalue weighted by atomic mass is 9.68. The van der Waals surface area contributed by atoms with Crippen LogP contribution in [0, 0.1) is 0 Å². The van der Waals surface area contributed by atoms with Crippen molar-refractivity contribution in [1.29, 1.82) is 0 Å². The second-order valence-electron chi connectivity index (χ2n) is 9.85. The third-order valence-corrected chi connectivity index (χ3v) is 7.06. The standard InChI is InChI=1S/C36H26F6O4/c1-36(25-13-19-28(20-14-25)45-34(41)32(37)38,26-15-21-29(22-16-26)46-35(42)33(39)40)30(31(43)24-8-4-3-5-9-24)10-6-7-23-11-17-27(44-2)18-12-23/h3-22H,1-2H3. The van der Waals surface area contributed by atoms with Crippen LogP contribution in [-0.2, 0) is 5.41 Å². The Hall–Kier alpha value is -5.51. The van der Waals surface area contributed by atoms with Gasteiger partial charge in [-0.1, -0.05) is 85.0 Å². The van der Waals surface area contributed by atoms with Gasteiger partial charge in [-0.3, -0.25) is 4.79 Å². The van der Waals surface area contributed by atoms with Crippen LogP contribution in [0.15, 0.2) is 145 Å². The fourth-order valence-corrected chi connectivity index (χ4v) is 4.66. The Morgan fingerprint density at radius 1 is 0.630 bits per heavy atom. The highest BCUT2D eigenvalue weighted by Gasteiger charge is 2.37. The summed E-state index contributed by atoms with van der Waals surface area (Å²) in [4.78, 5) is 14.2. The van der Waals surface area contributed by atoms with Crippen LogP contribution in [0.3, 0.4) is 0 Å². The fourth-order valence-electron chi connectivity index (χ4n) is 4.66. The normalized spacial score (nSPS) is 11.6. The lowest BCUT2D eigenvalue weighted by Gasteiger charge is -2.33. The zero-order chi connectivity index (χ0) is 33.3. The van der Waals surface area contributed by atoms with Gasteiger partial charge in [0.25, 0.3) is 0 Å². The molecule has 4 aromatic rings. The third kappa shape index (κ3) is 7.95. The van der Waals surface area contributed by atoms with Gasteiger partial charge in [-0.15, -0.1) is 0 Å². The molecule has 4 rings (SSSR count). The zero-order valence-electron chi connectivity index (χ0n) is 24.4. The molecule has 46 heavy (non-hydrogen) atoms. The molecule has 0 radical (unpaired) electrons. The zero-order valence-corrected chi connectivity index (χ0v) is 24.4. The fraction of sp³-hybridized carbons (Fsp3) is 0.0833. The van der Waals surface area contributed by atoms with Crippen molar-refractivity contribution in [3.05, 3.63) is 167 Å². The summed E-state index contributed by atoms with van der Waals surface area (Å²) in [6.45, 7) is 1.72. The van der Waals surface area contributed by atoms with E-state index in [9.17, 15) is 31.1 Å². The maximum atomic E-state index is 14.2. The van der Waals surface area contributed by atoms with Crippen LogP contribution in [0.25, 0.3) is 6.08 Å². The summed E-state index contributed by atoms with van der Waals surface area (Å²) >= 11 is 0. The van der Waals surface area contributed by atoms with Crippen LogP contribution < -0.4 is 14.2 Å². The molecule has 4 nitrogen and oxygen atoms in total. The molecule has 0 unspecified atom stereocenters. The molecule has 0 N–H and O–H groups in total. The minimum absolute atomic E-state index is 0.227. The SMILES string of the molecule is COc1ccc(C=CC=C(C(=O)c2ccccc2)C(C)(c2ccc(OC(F)=C(F)F)cc2)c2ccc(OC(F)=C(F)F)cc2)cc1. The summed E-state index contributed by atoms with van der Waals surface area (Å²) in [5, 5.41) is 0. The maximum absolute atomic E-state index is 14.2. The van der Waals surface area contributed by atoms with E-state index in [0.29, 0.717) is 22.4 Å². The summed E-state index contributed by atoms with van der Waals surface area (Å²) in [7, 11) is 1.55. The first-order valence-electron chi connectivity index (χ1n) is 13.6. The number of carbonyl (C=O) groups excluding carboxylic acids is 1. The highest BCUT2D eigenvalue weighted by Crippen LogP contribution is 2.42. The van der Waals surface area contributed by atoms with Gasteiger partial charge in [-0.05, 0) is 60.0 Å². The summed E-state index contributed by atoms with van der Waals surface area (Å²) in [6, 6.07) is 22.4. The Bertz CT molecular complexity index is 1700. The van der Waals surface area contributed by atoms with Crippen LogP contribution in [-0.4, -0.2) is 12.9 Å². The molecule has 0 heterocycles. The van der Waals surface area contributed by atoms with Gasteiger partial charge in [-0.25, -0.2) is 0 Å². The van der Waals surface area contributed by atoms with Crippen LogP contribution in [0.1, 0.15) is 34.0 Å². The molecule has 0 aliphatic heterocycles. The van der Waals surface area contributed by atoms with Crippen LogP contribution in [0.2, 0.25) is 0 Å². The number of ether oxygens (including phenoxy) is 3. The summed E-state index contributed by atoms with van der Waals surface area (Å²) in [5.74, 6) is -0.163. The van der Waals surface area contributed by atoms with Crippen LogP contribution in [0.4, 0.5) is 26.3 Å². The van der Waals surface area contributed by atoms with E-state index in [-0.39, 0.29) is 22.9 Å². The highest BCUT2D eigenvalue weighted by atomic mass is 19.3. The Morgan fingerprint density at radius 2 is 1.09 bits per heavy atom. The van der Waals surface area contributed by atoms with Crippen molar-refractivity contribution >= 4 is 11.9 Å². The number of ketones is 1. The second kappa shape index (κ2) is 15.0. The molecule has 0 aromatic heterocycles. The number of hydrogen-bond donors (Lipinski definition) is 0. The molecule has 0 saturated heterocycles. The smallest absolute Gasteiger partial charge is 0.344 e. The van der Waals surface area contributed by atoms with Crippen molar-refractivity contribution in [3.63, 3.8) is 0 Å². The largest absolute Gasteiger partial charge is 0.497 e. The van der Waals surface area contributed by atoms with E-state index >= 15 is 0 Å². The Morgan fingerprint density at radius 3 is 1.52 bits per heavy atom. The first-order valence-corrected chi connectivity index (χ1v) is 13.6. The highest BCUT2D eigenvalue weighted by molar-refractivity contribution is 6.11. The van der Waals surface area contributed by atoms with Crippen molar-refractivity contribution in [2.24, 2.45) is 0 Å². The Labute approximate surface area is 261 Å². The quantitative estimate of drug-likeness (QED) is 0.0510. The molecule has 0 fully saturated rings. The molecule has 10 heteroatoms. The molecule has 4 aromatic carbocycles. The first-order chi connectivity index (χ1) is 22.0. The first kappa shape index (κ1) is 33.4. The molecule has 0 amide bonds. The Kier molecular flexibility index (Phi) is 10.9. The molecule has 0 aliphatic rings. The lowest BCUT2D eigenvalue weighted by molar-refractivity contribution is 0.102. The van der Waals surface area contributed by atoms with Crippen molar-refractivity contribution in [1.82, 2.24) is 0 Å². The number of carbonyl (C=O) groups is 1. The number of allylic oxidation sites excluding steroid dienone is 3. The molecule has 0 bridgehead atoms. The predicted octanol–water partition coefficient (Wildman–Crippen LogP) is 10.4. The van der Waals surface area contributed by atoms with Crippen molar-refractivity contribution in [3.8, 4) is 17.2 Å². The molecular weight excluding hydrogens is 610 g/mol.